The quantitative estimate of drug-likeness (QED) is 0.287. The maximum absolute atomic E-state index is 13.3. The summed E-state index contributed by atoms with van der Waals surface area (Å²) < 4.78 is 12.1. The Morgan fingerprint density at radius 1 is 1.29 bits per heavy atom. The number of benzene rings is 1. The number of H-pyrrole nitrogens is 1. The Kier molecular flexibility index (Phi) is 8.82. The highest BCUT2D eigenvalue weighted by atomic mass is 32.2. The fourth-order valence-corrected chi connectivity index (χ4v) is 7.23. The first-order valence-electron chi connectivity index (χ1n) is 13.2. The molecule has 212 valence electrons. The molecule has 3 atom stereocenters. The summed E-state index contributed by atoms with van der Waals surface area (Å²) in [5.74, 6) is 2.68. The summed E-state index contributed by atoms with van der Waals surface area (Å²) in [5.41, 5.74) is 2.10. The van der Waals surface area contributed by atoms with E-state index in [1.54, 1.807) is 30.7 Å². The van der Waals surface area contributed by atoms with Crippen LogP contribution in [0, 0.1) is 11.8 Å². The van der Waals surface area contributed by atoms with Crippen molar-refractivity contribution >= 4 is 52.3 Å². The van der Waals surface area contributed by atoms with Gasteiger partial charge >= 0.3 is 6.15 Å². The second-order valence-electron chi connectivity index (χ2n) is 10.1. The molecule has 2 bridgehead atoms. The van der Waals surface area contributed by atoms with Crippen LogP contribution in [0.4, 0.5) is 0 Å². The Labute approximate surface area is 245 Å². The highest BCUT2D eigenvalue weighted by Gasteiger charge is 2.48. The first-order valence-corrected chi connectivity index (χ1v) is 14.4. The molecule has 1 aromatic carbocycles. The summed E-state index contributed by atoms with van der Waals surface area (Å²) in [6.45, 7) is 0.458. The van der Waals surface area contributed by atoms with Crippen molar-refractivity contribution in [3.05, 3.63) is 64.8 Å². The number of aromatic amines is 1. The molecule has 0 radical (unpaired) electrons. The molecule has 1 saturated heterocycles. The lowest BCUT2D eigenvalue weighted by Gasteiger charge is -2.30. The summed E-state index contributed by atoms with van der Waals surface area (Å²) in [7, 11) is 1.54. The van der Waals surface area contributed by atoms with Gasteiger partial charge in [0.25, 0.3) is 11.8 Å². The van der Waals surface area contributed by atoms with Crippen LogP contribution in [0.5, 0.6) is 5.75 Å². The van der Waals surface area contributed by atoms with Crippen LogP contribution in [0.15, 0.2) is 52.2 Å². The minimum atomic E-state index is -0.237. The maximum atomic E-state index is 13.3. The number of amides is 2. The van der Waals surface area contributed by atoms with E-state index >= 15 is 0 Å². The zero-order valence-electron chi connectivity index (χ0n) is 22.3. The number of hydrogen-bond donors (Lipinski definition) is 2. The van der Waals surface area contributed by atoms with Crippen molar-refractivity contribution in [3.63, 3.8) is 0 Å². The smallest absolute Gasteiger partial charge is 0.373 e. The van der Waals surface area contributed by atoms with E-state index in [1.165, 1.54) is 38.1 Å². The van der Waals surface area contributed by atoms with Gasteiger partial charge in [-0.25, -0.2) is 4.98 Å². The number of carbonyl (C=O) groups excluding carboxylic acids is 4. The van der Waals surface area contributed by atoms with Gasteiger partial charge in [0.05, 0.1) is 23.9 Å². The first kappa shape index (κ1) is 28.5. The average Bonchev–Trinajstić information content (AvgIpc) is 3.80. The number of imidazole rings is 1. The molecular formula is C29H28N4O6S2. The molecule has 10 nitrogen and oxygen atoms in total. The summed E-state index contributed by atoms with van der Waals surface area (Å²) in [4.78, 5) is 51.9. The number of nitrogens with one attached hydrogen (secondary N) is 2. The zero-order chi connectivity index (χ0) is 28.9. The van der Waals surface area contributed by atoms with Crippen LogP contribution >= 0.6 is 24.0 Å². The molecule has 3 unspecified atom stereocenters. The van der Waals surface area contributed by atoms with Gasteiger partial charge in [0.15, 0.2) is 0 Å². The van der Waals surface area contributed by atoms with E-state index in [1.807, 2.05) is 23.1 Å². The monoisotopic (exact) mass is 592 g/mol. The van der Waals surface area contributed by atoms with Gasteiger partial charge in [-0.3, -0.25) is 14.5 Å². The van der Waals surface area contributed by atoms with E-state index in [-0.39, 0.29) is 24.0 Å². The second-order valence-corrected chi connectivity index (χ2v) is 11.8. The molecule has 2 N–H and O–H groups in total. The third-order valence-electron chi connectivity index (χ3n) is 7.72. The van der Waals surface area contributed by atoms with Crippen LogP contribution in [0.3, 0.4) is 0 Å². The molecule has 3 aromatic rings. The number of hydrogen-bond acceptors (Lipinski definition) is 9. The molecule has 0 spiro atoms. The summed E-state index contributed by atoms with van der Waals surface area (Å²) in [6.07, 6.45) is 10.8. The number of furan rings is 1. The third kappa shape index (κ3) is 6.19. The van der Waals surface area contributed by atoms with Gasteiger partial charge in [0.1, 0.15) is 21.6 Å². The molecular weight excluding hydrogens is 564 g/mol. The van der Waals surface area contributed by atoms with Crippen molar-refractivity contribution in [2.75, 3.05) is 13.7 Å². The second kappa shape index (κ2) is 12.7. The molecule has 3 fully saturated rings. The van der Waals surface area contributed by atoms with Gasteiger partial charge in [0.2, 0.25) is 0 Å². The summed E-state index contributed by atoms with van der Waals surface area (Å²) >= 11 is 6.95. The van der Waals surface area contributed by atoms with Crippen molar-refractivity contribution in [1.82, 2.24) is 20.2 Å². The minimum Gasteiger partial charge on any atom is -0.496 e. The van der Waals surface area contributed by atoms with Crippen LogP contribution in [-0.2, 0) is 20.8 Å². The molecule has 12 heteroatoms. The normalized spacial score (nSPS) is 22.0. The SMILES string of the molecule is COc1ccc(-c2ccc(/C=C3\SC(=S)N(C4CC5CCC4C5)C3=O)o2)cc1C(=O)NCCc1cnc[nH]1.O=C=O. The number of nitrogens with zero attached hydrogens (tertiary/aromatic N) is 2. The van der Waals surface area contributed by atoms with Crippen LogP contribution in [0.1, 0.15) is 47.5 Å². The van der Waals surface area contributed by atoms with E-state index in [9.17, 15) is 9.59 Å². The molecule has 3 heterocycles. The van der Waals surface area contributed by atoms with Gasteiger partial charge in [-0.15, -0.1) is 0 Å². The van der Waals surface area contributed by atoms with E-state index in [4.69, 9.17) is 31.0 Å². The molecule has 2 amide bonds. The Morgan fingerprint density at radius 3 is 2.80 bits per heavy atom. The average molecular weight is 593 g/mol. The predicted molar refractivity (Wildman–Crippen MR) is 155 cm³/mol. The third-order valence-corrected chi connectivity index (χ3v) is 9.05. The fourth-order valence-electron chi connectivity index (χ4n) is 5.87. The lowest BCUT2D eigenvalue weighted by Crippen LogP contribution is -2.41. The zero-order valence-corrected chi connectivity index (χ0v) is 23.9. The van der Waals surface area contributed by atoms with E-state index in [2.05, 4.69) is 15.3 Å². The highest BCUT2D eigenvalue weighted by molar-refractivity contribution is 8.26. The number of fused-ring (bicyclic) bond motifs is 2. The molecule has 1 aliphatic heterocycles. The number of methoxy groups -OCH3 is 1. The van der Waals surface area contributed by atoms with Crippen molar-refractivity contribution in [2.24, 2.45) is 11.8 Å². The van der Waals surface area contributed by atoms with E-state index < -0.39 is 0 Å². The van der Waals surface area contributed by atoms with Crippen LogP contribution in [0.25, 0.3) is 17.4 Å². The van der Waals surface area contributed by atoms with E-state index in [0.717, 1.165) is 23.6 Å². The number of carbonyl (C=O) groups is 2. The van der Waals surface area contributed by atoms with E-state index in [0.29, 0.717) is 50.9 Å². The maximum Gasteiger partial charge on any atom is 0.373 e. The molecule has 6 rings (SSSR count). The molecule has 2 aromatic heterocycles. The number of thioether (sulfide) groups is 1. The van der Waals surface area contributed by atoms with Crippen molar-refractivity contribution in [2.45, 2.75) is 38.1 Å². The van der Waals surface area contributed by atoms with Gasteiger partial charge < -0.3 is 19.5 Å². The van der Waals surface area contributed by atoms with Gasteiger partial charge in [-0.1, -0.05) is 30.4 Å². The standard InChI is InChI=1S/C28H28N4O4S2.CO2/c1-35-24-6-4-18(12-21(24)26(33)30-9-8-19-14-29-15-31-19)23-7-5-20(36-23)13-25-27(34)32(28(37)38-25)22-11-16-2-3-17(22)10-16;2-1-3/h4-7,12-17,22H,2-3,8-11H2,1H3,(H,29,31)(H,30,33);/b25-13-;. The van der Waals surface area contributed by atoms with Crippen LogP contribution < -0.4 is 10.1 Å². The Bertz CT molecular complexity index is 1510. The van der Waals surface area contributed by atoms with Crippen LogP contribution in [0.2, 0.25) is 0 Å². The fraction of sp³-hybridized carbons (Fsp3) is 0.345. The number of rotatable bonds is 8. The minimum absolute atomic E-state index is 0.0194. The lowest BCUT2D eigenvalue weighted by atomic mass is 9.94. The summed E-state index contributed by atoms with van der Waals surface area (Å²) in [5, 5.41) is 2.93. The predicted octanol–water partition coefficient (Wildman–Crippen LogP) is 4.46. The Hall–Kier alpha value is -3.99. The lowest BCUT2D eigenvalue weighted by molar-refractivity contribution is -0.191. The van der Waals surface area contributed by atoms with Crippen LogP contribution in [-0.4, -0.2) is 56.9 Å². The van der Waals surface area contributed by atoms with Gasteiger partial charge in [0, 0.05) is 42.5 Å². The number of ether oxygens (including phenoxy) is 1. The van der Waals surface area contributed by atoms with Gasteiger partial charge in [-0.05, 0) is 61.4 Å². The molecule has 3 aliphatic rings. The first-order chi connectivity index (χ1) is 19.9. The number of aromatic nitrogens is 2. The van der Waals surface area contributed by atoms with Gasteiger partial charge in [-0.2, -0.15) is 9.59 Å². The number of thiocarbonyl (C=S) groups is 1. The summed E-state index contributed by atoms with van der Waals surface area (Å²) in [6, 6.07) is 9.25. The van der Waals surface area contributed by atoms with Crippen molar-refractivity contribution < 1.29 is 28.3 Å². The molecule has 2 aliphatic carbocycles. The molecule has 2 saturated carbocycles. The van der Waals surface area contributed by atoms with Crippen molar-refractivity contribution in [1.29, 1.82) is 0 Å². The molecule has 41 heavy (non-hydrogen) atoms. The largest absolute Gasteiger partial charge is 0.496 e. The Balaban J connectivity index is 0.00000108. The topological polar surface area (TPSA) is 135 Å². The van der Waals surface area contributed by atoms with Crippen molar-refractivity contribution in [3.8, 4) is 17.1 Å². The Morgan fingerprint density at radius 2 is 2.12 bits per heavy atom. The highest BCUT2D eigenvalue weighted by Crippen LogP contribution is 2.49.